The van der Waals surface area contributed by atoms with Gasteiger partial charge < -0.3 is 26.0 Å². The van der Waals surface area contributed by atoms with E-state index < -0.39 is 6.10 Å². The highest BCUT2D eigenvalue weighted by Crippen LogP contribution is 2.33. The molecule has 3 heterocycles. The summed E-state index contributed by atoms with van der Waals surface area (Å²) in [5, 5.41) is 20.2. The summed E-state index contributed by atoms with van der Waals surface area (Å²) in [4.78, 5) is 30.4. The molecular weight excluding hydrogens is 418 g/mol. The van der Waals surface area contributed by atoms with Crippen molar-refractivity contribution < 1.29 is 14.7 Å². The Kier molecular flexibility index (Phi) is 8.31. The first-order valence-electron chi connectivity index (χ1n) is 13.3. The van der Waals surface area contributed by atoms with E-state index in [0.717, 1.165) is 32.4 Å². The average Bonchev–Trinajstić information content (AvgIpc) is 3.37. The van der Waals surface area contributed by atoms with Crippen LogP contribution in [0.3, 0.4) is 0 Å². The molecule has 0 spiro atoms. The molecule has 1 saturated carbocycles. The Morgan fingerprint density at radius 1 is 1.12 bits per heavy atom. The third-order valence-electron chi connectivity index (χ3n) is 8.74. The summed E-state index contributed by atoms with van der Waals surface area (Å²) in [6, 6.07) is 0.0133. The Morgan fingerprint density at radius 2 is 1.94 bits per heavy atom. The maximum absolute atomic E-state index is 13.1. The number of nitrogens with zero attached hydrogens (tertiary/aromatic N) is 2. The molecule has 3 saturated heterocycles. The van der Waals surface area contributed by atoms with E-state index in [9.17, 15) is 14.7 Å². The van der Waals surface area contributed by atoms with E-state index in [-0.39, 0.29) is 35.9 Å². The number of likely N-dealkylation sites (N-methyl/N-ethyl adjacent to an activating group) is 1. The van der Waals surface area contributed by atoms with Crippen LogP contribution in [0.5, 0.6) is 0 Å². The molecule has 0 bridgehead atoms. The van der Waals surface area contributed by atoms with E-state index in [1.54, 1.807) is 0 Å². The summed E-state index contributed by atoms with van der Waals surface area (Å²) in [7, 11) is 2.20. The number of rotatable bonds is 6. The van der Waals surface area contributed by atoms with Crippen molar-refractivity contribution in [3.8, 4) is 0 Å². The van der Waals surface area contributed by atoms with Gasteiger partial charge in [0.1, 0.15) is 0 Å². The van der Waals surface area contributed by atoms with E-state index in [2.05, 4.69) is 34.8 Å². The van der Waals surface area contributed by atoms with Crippen molar-refractivity contribution in [2.45, 2.75) is 95.6 Å². The summed E-state index contributed by atoms with van der Waals surface area (Å²) < 4.78 is 0. The molecule has 4 aliphatic rings. The van der Waals surface area contributed by atoms with E-state index >= 15 is 0 Å². The monoisotopic (exact) mass is 463 g/mol. The molecule has 4 rings (SSSR count). The molecule has 5 unspecified atom stereocenters. The lowest BCUT2D eigenvalue weighted by Crippen LogP contribution is -2.54. The average molecular weight is 464 g/mol. The van der Waals surface area contributed by atoms with Crippen LogP contribution < -0.4 is 16.0 Å². The Balaban J connectivity index is 1.26. The molecule has 0 radical (unpaired) electrons. The second-order valence-corrected chi connectivity index (χ2v) is 11.3. The van der Waals surface area contributed by atoms with Crippen molar-refractivity contribution in [1.82, 2.24) is 25.8 Å². The number of amides is 2. The van der Waals surface area contributed by atoms with Gasteiger partial charge in [0.05, 0.1) is 18.3 Å². The molecule has 8 atom stereocenters. The Morgan fingerprint density at radius 3 is 2.64 bits per heavy atom. The SMILES string of the molecule is C[C@H](CC1NCCN1C)C1CCCC(NC(=O)C2CC(C(=O)N3C[C@@H](O)C[C@H]3C)CCN2)C1. The second-order valence-electron chi connectivity index (χ2n) is 11.3. The van der Waals surface area contributed by atoms with Gasteiger partial charge in [-0.15, -0.1) is 0 Å². The van der Waals surface area contributed by atoms with Gasteiger partial charge in [-0.05, 0) is 70.9 Å². The van der Waals surface area contributed by atoms with Crippen molar-refractivity contribution in [2.75, 3.05) is 33.2 Å². The van der Waals surface area contributed by atoms with Crippen LogP contribution in [0, 0.1) is 17.8 Å². The third kappa shape index (κ3) is 6.08. The lowest BCUT2D eigenvalue weighted by Gasteiger charge is -2.37. The molecule has 188 valence electrons. The highest BCUT2D eigenvalue weighted by Gasteiger charge is 2.39. The molecule has 0 aromatic heterocycles. The van der Waals surface area contributed by atoms with Gasteiger partial charge in [0, 0.05) is 37.6 Å². The van der Waals surface area contributed by atoms with Crippen molar-refractivity contribution in [3.05, 3.63) is 0 Å². The fourth-order valence-electron chi connectivity index (χ4n) is 6.59. The molecule has 33 heavy (non-hydrogen) atoms. The number of nitrogens with one attached hydrogen (secondary N) is 3. The van der Waals surface area contributed by atoms with E-state index in [1.165, 1.54) is 19.3 Å². The number of carbonyl (C=O) groups is 2. The standard InChI is InChI=1S/C25H45N5O3/c1-16(11-23-27-9-10-29(23)3)18-5-4-6-20(13-18)28-24(32)22-14-19(7-8-26-22)25(33)30-15-21(31)12-17(30)2/h16-23,26-27,31H,4-15H2,1-3H3,(H,28,32)/t16-,17-,18?,19?,20?,21+,22?,23?/m1/s1. The zero-order valence-electron chi connectivity index (χ0n) is 20.8. The van der Waals surface area contributed by atoms with Crippen molar-refractivity contribution in [2.24, 2.45) is 17.8 Å². The number of piperidine rings is 1. The molecule has 8 heteroatoms. The van der Waals surface area contributed by atoms with Crippen LogP contribution in [-0.4, -0.2) is 90.3 Å². The number of carbonyl (C=O) groups excluding carboxylic acids is 2. The van der Waals surface area contributed by atoms with E-state index in [4.69, 9.17) is 0 Å². The molecule has 3 aliphatic heterocycles. The predicted molar refractivity (Wildman–Crippen MR) is 128 cm³/mol. The van der Waals surface area contributed by atoms with Crippen molar-refractivity contribution >= 4 is 11.8 Å². The maximum Gasteiger partial charge on any atom is 0.237 e. The summed E-state index contributed by atoms with van der Waals surface area (Å²) in [5.41, 5.74) is 0. The van der Waals surface area contributed by atoms with Gasteiger partial charge in [-0.25, -0.2) is 0 Å². The Bertz CT molecular complexity index is 691. The first-order valence-corrected chi connectivity index (χ1v) is 13.3. The molecule has 4 fully saturated rings. The number of aliphatic hydroxyl groups is 1. The van der Waals surface area contributed by atoms with Crippen LogP contribution in [0.15, 0.2) is 0 Å². The lowest BCUT2D eigenvalue weighted by atomic mass is 9.77. The first kappa shape index (κ1) is 24.9. The summed E-state index contributed by atoms with van der Waals surface area (Å²) in [5.74, 6) is 1.31. The minimum Gasteiger partial charge on any atom is -0.391 e. The third-order valence-corrected chi connectivity index (χ3v) is 8.74. The van der Waals surface area contributed by atoms with Crippen molar-refractivity contribution in [3.63, 3.8) is 0 Å². The van der Waals surface area contributed by atoms with Gasteiger partial charge in [-0.3, -0.25) is 14.5 Å². The quantitative estimate of drug-likeness (QED) is 0.467. The van der Waals surface area contributed by atoms with Gasteiger partial charge in [0.25, 0.3) is 0 Å². The fourth-order valence-corrected chi connectivity index (χ4v) is 6.59. The summed E-state index contributed by atoms with van der Waals surface area (Å²) in [6.45, 7) is 7.68. The number of aliphatic hydroxyl groups excluding tert-OH is 1. The molecule has 8 nitrogen and oxygen atoms in total. The maximum atomic E-state index is 13.1. The lowest BCUT2D eigenvalue weighted by molar-refractivity contribution is -0.138. The molecular formula is C25H45N5O3. The van der Waals surface area contributed by atoms with Crippen molar-refractivity contribution in [1.29, 1.82) is 0 Å². The van der Waals surface area contributed by atoms with Crippen LogP contribution in [0.2, 0.25) is 0 Å². The molecule has 0 aromatic rings. The normalized spacial score (nSPS) is 38.9. The molecule has 0 aromatic carbocycles. The zero-order valence-corrected chi connectivity index (χ0v) is 20.8. The summed E-state index contributed by atoms with van der Waals surface area (Å²) >= 11 is 0. The van der Waals surface area contributed by atoms with Crippen LogP contribution >= 0.6 is 0 Å². The largest absolute Gasteiger partial charge is 0.391 e. The predicted octanol–water partition coefficient (Wildman–Crippen LogP) is 0.899. The minimum absolute atomic E-state index is 0.0532. The summed E-state index contributed by atoms with van der Waals surface area (Å²) in [6.07, 6.45) is 7.71. The highest BCUT2D eigenvalue weighted by molar-refractivity contribution is 5.85. The van der Waals surface area contributed by atoms with Crippen LogP contribution in [0.25, 0.3) is 0 Å². The second kappa shape index (κ2) is 11.0. The van der Waals surface area contributed by atoms with E-state index in [1.807, 2.05) is 11.8 Å². The topological polar surface area (TPSA) is 96.9 Å². The number of hydrogen-bond acceptors (Lipinski definition) is 6. The Hall–Kier alpha value is -1.22. The number of likely N-dealkylation sites (tertiary alicyclic amines) is 1. The van der Waals surface area contributed by atoms with Gasteiger partial charge in [0.2, 0.25) is 11.8 Å². The van der Waals surface area contributed by atoms with E-state index in [0.29, 0.717) is 43.9 Å². The van der Waals surface area contributed by atoms with Gasteiger partial charge in [0.15, 0.2) is 0 Å². The zero-order chi connectivity index (χ0) is 23.5. The van der Waals surface area contributed by atoms with Crippen LogP contribution in [0.1, 0.15) is 65.2 Å². The molecule has 4 N–H and O–H groups in total. The minimum atomic E-state index is -0.420. The van der Waals surface area contributed by atoms with Gasteiger partial charge in [-0.1, -0.05) is 19.8 Å². The molecule has 1 aliphatic carbocycles. The van der Waals surface area contributed by atoms with Gasteiger partial charge >= 0.3 is 0 Å². The fraction of sp³-hybridized carbons (Fsp3) is 0.920. The smallest absolute Gasteiger partial charge is 0.237 e. The molecule has 2 amide bonds. The number of β-amino-alcohol motifs (C(OH)–C–C–N with tert-alkyl or cyclic N) is 1. The van der Waals surface area contributed by atoms with Gasteiger partial charge in [-0.2, -0.15) is 0 Å². The first-order chi connectivity index (χ1) is 15.8. The van der Waals surface area contributed by atoms with Crippen LogP contribution in [0.4, 0.5) is 0 Å². The van der Waals surface area contributed by atoms with Crippen LogP contribution in [-0.2, 0) is 9.59 Å². The highest BCUT2D eigenvalue weighted by atomic mass is 16.3. The number of hydrogen-bond donors (Lipinski definition) is 4. The Labute approximate surface area is 199 Å².